The van der Waals surface area contributed by atoms with Gasteiger partial charge in [-0.25, -0.2) is 4.39 Å². The molecule has 2 fully saturated rings. The Morgan fingerprint density at radius 3 is 2.91 bits per heavy atom. The average Bonchev–Trinajstić information content (AvgIpc) is 3.47. The number of halogens is 1. The zero-order chi connectivity index (χ0) is 21.8. The first kappa shape index (κ1) is 19.4. The molecule has 8 heteroatoms. The fourth-order valence-corrected chi connectivity index (χ4v) is 5.23. The second-order valence-electron chi connectivity index (χ2n) is 8.81. The number of fused-ring (bicyclic) bond motifs is 4. The van der Waals surface area contributed by atoms with Gasteiger partial charge in [-0.2, -0.15) is 9.97 Å². The summed E-state index contributed by atoms with van der Waals surface area (Å²) in [5.74, 6) is 1.76. The van der Waals surface area contributed by atoms with Crippen LogP contribution in [0.1, 0.15) is 23.4 Å². The molecule has 32 heavy (non-hydrogen) atoms. The maximum Gasteiger partial charge on any atom is 0.324 e. The number of hydrogen-bond donors (Lipinski definition) is 2. The first-order chi connectivity index (χ1) is 15.6. The van der Waals surface area contributed by atoms with Gasteiger partial charge in [-0.3, -0.25) is 4.98 Å². The highest BCUT2D eigenvalue weighted by Crippen LogP contribution is 2.46. The van der Waals surface area contributed by atoms with Gasteiger partial charge in [0.25, 0.3) is 0 Å². The Balaban J connectivity index is 1.46. The topological polar surface area (TPSA) is 75.2 Å². The molecule has 3 aliphatic rings. The third-order valence-electron chi connectivity index (χ3n) is 6.80. The molecule has 2 aromatic heterocycles. The van der Waals surface area contributed by atoms with Crippen molar-refractivity contribution in [3.8, 4) is 22.9 Å². The second kappa shape index (κ2) is 7.41. The van der Waals surface area contributed by atoms with Crippen LogP contribution in [0.5, 0.6) is 11.8 Å². The Kier molecular flexibility index (Phi) is 4.50. The van der Waals surface area contributed by atoms with Gasteiger partial charge < -0.3 is 20.3 Å². The van der Waals surface area contributed by atoms with Crippen LogP contribution in [-0.2, 0) is 6.42 Å². The van der Waals surface area contributed by atoms with Crippen molar-refractivity contribution in [3.05, 3.63) is 53.2 Å². The van der Waals surface area contributed by atoms with E-state index in [1.165, 1.54) is 12.5 Å². The van der Waals surface area contributed by atoms with E-state index in [-0.39, 0.29) is 5.82 Å². The molecule has 1 aliphatic carbocycles. The number of nitrogens with one attached hydrogen (secondary N) is 2. The Hall–Kier alpha value is -3.26. The number of hydrogen-bond acceptors (Lipinski definition) is 7. The standard InChI is InChI=1S/C24H25FN6O/c1-13-3-4-16(10-28-13)32-24-29-20-9-17-18(7-15(25)8-19(17)26-2)22(20)23(30-24)31-11-14-5-6-27-21(14)12-31/h3-4,7-8,10,14,21,26-27H,5-6,9,11-12H2,1-2H3/t14-,21+/m1/s1. The van der Waals surface area contributed by atoms with E-state index in [4.69, 9.17) is 14.7 Å². The lowest BCUT2D eigenvalue weighted by molar-refractivity contribution is 0.438. The number of nitrogens with zero attached hydrogens (tertiary/aromatic N) is 4. The molecule has 6 rings (SSSR count). The van der Waals surface area contributed by atoms with Crippen molar-refractivity contribution in [1.29, 1.82) is 0 Å². The Labute approximate surface area is 186 Å². The van der Waals surface area contributed by atoms with Gasteiger partial charge in [0.05, 0.1) is 11.9 Å². The maximum atomic E-state index is 14.5. The molecule has 0 amide bonds. The fourth-order valence-electron chi connectivity index (χ4n) is 5.23. The highest BCUT2D eigenvalue weighted by molar-refractivity contribution is 5.88. The minimum Gasteiger partial charge on any atom is -0.423 e. The smallest absolute Gasteiger partial charge is 0.324 e. The van der Waals surface area contributed by atoms with Crippen molar-refractivity contribution < 1.29 is 9.13 Å². The Morgan fingerprint density at radius 2 is 2.12 bits per heavy atom. The van der Waals surface area contributed by atoms with E-state index in [0.29, 0.717) is 30.1 Å². The molecule has 1 aromatic carbocycles. The van der Waals surface area contributed by atoms with E-state index in [1.54, 1.807) is 12.3 Å². The summed E-state index contributed by atoms with van der Waals surface area (Å²) in [5.41, 5.74) is 5.41. The van der Waals surface area contributed by atoms with E-state index in [0.717, 1.165) is 59.2 Å². The van der Waals surface area contributed by atoms with Gasteiger partial charge in [-0.05, 0) is 61.2 Å². The van der Waals surface area contributed by atoms with Crippen molar-refractivity contribution in [1.82, 2.24) is 20.3 Å². The highest BCUT2D eigenvalue weighted by Gasteiger charge is 2.39. The molecule has 2 saturated heterocycles. The third kappa shape index (κ3) is 3.17. The molecule has 3 aromatic rings. The summed E-state index contributed by atoms with van der Waals surface area (Å²) in [6.07, 6.45) is 3.46. The normalized spacial score (nSPS) is 20.8. The molecule has 0 bridgehead atoms. The van der Waals surface area contributed by atoms with E-state index < -0.39 is 0 Å². The number of anilines is 2. The Morgan fingerprint density at radius 1 is 1.22 bits per heavy atom. The van der Waals surface area contributed by atoms with Gasteiger partial charge in [-0.1, -0.05) is 0 Å². The third-order valence-corrected chi connectivity index (χ3v) is 6.80. The Bertz CT molecular complexity index is 1190. The molecule has 0 unspecified atom stereocenters. The van der Waals surface area contributed by atoms with Crippen LogP contribution in [0.25, 0.3) is 11.1 Å². The summed E-state index contributed by atoms with van der Waals surface area (Å²) in [6.45, 7) is 4.81. The van der Waals surface area contributed by atoms with Crippen LogP contribution >= 0.6 is 0 Å². The summed E-state index contributed by atoms with van der Waals surface area (Å²) in [4.78, 5) is 16.2. The summed E-state index contributed by atoms with van der Waals surface area (Å²) >= 11 is 0. The van der Waals surface area contributed by atoms with E-state index in [9.17, 15) is 4.39 Å². The van der Waals surface area contributed by atoms with Crippen molar-refractivity contribution in [2.75, 3.05) is 36.9 Å². The number of rotatable bonds is 4. The number of aryl methyl sites for hydroxylation is 1. The minimum absolute atomic E-state index is 0.266. The predicted molar refractivity (Wildman–Crippen MR) is 121 cm³/mol. The van der Waals surface area contributed by atoms with Gasteiger partial charge in [0.2, 0.25) is 0 Å². The molecular weight excluding hydrogens is 407 g/mol. The van der Waals surface area contributed by atoms with Crippen LogP contribution in [-0.4, -0.2) is 47.7 Å². The lowest BCUT2D eigenvalue weighted by atomic mass is 10.0. The fraction of sp³-hybridized carbons (Fsp3) is 0.375. The van der Waals surface area contributed by atoms with Gasteiger partial charge >= 0.3 is 6.01 Å². The largest absolute Gasteiger partial charge is 0.423 e. The van der Waals surface area contributed by atoms with Gasteiger partial charge in [0, 0.05) is 49.5 Å². The van der Waals surface area contributed by atoms with Crippen LogP contribution < -0.4 is 20.3 Å². The maximum absolute atomic E-state index is 14.5. The van der Waals surface area contributed by atoms with Gasteiger partial charge in [0.15, 0.2) is 0 Å². The SMILES string of the molecule is CNc1cc(F)cc2c1Cc1nc(Oc3ccc(C)nc3)nc(N3C[C@H]4CCN[C@H]4C3)c1-2. The summed E-state index contributed by atoms with van der Waals surface area (Å²) in [5, 5.41) is 6.73. The van der Waals surface area contributed by atoms with Crippen molar-refractivity contribution in [2.45, 2.75) is 25.8 Å². The molecule has 2 atom stereocenters. The van der Waals surface area contributed by atoms with E-state index in [1.807, 2.05) is 26.1 Å². The molecule has 164 valence electrons. The van der Waals surface area contributed by atoms with Crippen molar-refractivity contribution in [2.24, 2.45) is 5.92 Å². The molecule has 7 nitrogen and oxygen atoms in total. The van der Waals surface area contributed by atoms with Crippen molar-refractivity contribution in [3.63, 3.8) is 0 Å². The quantitative estimate of drug-likeness (QED) is 0.511. The van der Waals surface area contributed by atoms with Crippen LogP contribution in [0.2, 0.25) is 0 Å². The van der Waals surface area contributed by atoms with Gasteiger partial charge in [-0.15, -0.1) is 0 Å². The molecule has 0 saturated carbocycles. The monoisotopic (exact) mass is 432 g/mol. The molecule has 2 N–H and O–H groups in total. The zero-order valence-corrected chi connectivity index (χ0v) is 18.2. The zero-order valence-electron chi connectivity index (χ0n) is 18.2. The molecule has 0 radical (unpaired) electrons. The van der Waals surface area contributed by atoms with E-state index in [2.05, 4.69) is 20.5 Å². The van der Waals surface area contributed by atoms with Crippen LogP contribution in [0.4, 0.5) is 15.9 Å². The highest BCUT2D eigenvalue weighted by atomic mass is 19.1. The summed E-state index contributed by atoms with van der Waals surface area (Å²) in [6, 6.07) is 7.67. The molecule has 4 heterocycles. The van der Waals surface area contributed by atoms with Crippen LogP contribution in [0.3, 0.4) is 0 Å². The first-order valence-corrected chi connectivity index (χ1v) is 11.1. The lowest BCUT2D eigenvalue weighted by Crippen LogP contribution is -2.30. The number of benzene rings is 1. The second-order valence-corrected chi connectivity index (χ2v) is 8.81. The molecule has 0 spiro atoms. The first-order valence-electron chi connectivity index (χ1n) is 11.1. The number of ether oxygens (including phenoxy) is 1. The average molecular weight is 433 g/mol. The number of pyridine rings is 1. The minimum atomic E-state index is -0.266. The summed E-state index contributed by atoms with van der Waals surface area (Å²) in [7, 11) is 1.82. The van der Waals surface area contributed by atoms with E-state index >= 15 is 0 Å². The van der Waals surface area contributed by atoms with Gasteiger partial charge in [0.1, 0.15) is 17.4 Å². The van der Waals surface area contributed by atoms with Crippen LogP contribution in [0, 0.1) is 18.7 Å². The lowest BCUT2D eigenvalue weighted by Gasteiger charge is -2.22. The summed E-state index contributed by atoms with van der Waals surface area (Å²) < 4.78 is 20.5. The number of aromatic nitrogens is 3. The predicted octanol–water partition coefficient (Wildman–Crippen LogP) is 3.52. The molecule has 2 aliphatic heterocycles. The van der Waals surface area contributed by atoms with Crippen LogP contribution in [0.15, 0.2) is 30.5 Å². The molecular formula is C24H25FN6O. The van der Waals surface area contributed by atoms with Crippen molar-refractivity contribution >= 4 is 11.5 Å².